The Morgan fingerprint density at radius 2 is 1.79 bits per heavy atom. The van der Waals surface area contributed by atoms with Crippen molar-refractivity contribution in [3.63, 3.8) is 0 Å². The number of rotatable bonds is 20. The number of carbonyl (C=O) groups is 4. The summed E-state index contributed by atoms with van der Waals surface area (Å²) in [7, 11) is -3.28. The first-order valence-electron chi connectivity index (χ1n) is 17.4. The van der Waals surface area contributed by atoms with E-state index in [1.54, 1.807) is 19.9 Å². The fourth-order valence-electron chi connectivity index (χ4n) is 6.09. The highest BCUT2D eigenvalue weighted by atomic mass is 31.1. The lowest BCUT2D eigenvalue weighted by Crippen LogP contribution is -2.49. The Hall–Kier alpha value is -4.88. The van der Waals surface area contributed by atoms with E-state index in [0.29, 0.717) is 42.9 Å². The molecule has 3 unspecified atom stereocenters. The molecule has 52 heavy (non-hydrogen) atoms. The summed E-state index contributed by atoms with van der Waals surface area (Å²) in [5.41, 5.74) is 0.758. The number of unbranched alkanes of at least 4 members (excludes halogenated alkanes) is 2. The van der Waals surface area contributed by atoms with Gasteiger partial charge in [-0.1, -0.05) is 33.1 Å². The molecule has 0 spiro atoms. The summed E-state index contributed by atoms with van der Waals surface area (Å²) < 4.78 is 42.4. The predicted molar refractivity (Wildman–Crippen MR) is 191 cm³/mol. The van der Waals surface area contributed by atoms with E-state index in [9.17, 15) is 33.0 Å². The zero-order valence-corrected chi connectivity index (χ0v) is 30.5. The zero-order chi connectivity index (χ0) is 37.6. The molecule has 14 nitrogen and oxygen atoms in total. The number of carbonyl (C=O) groups excluding carboxylic acids is 4. The number of nitrogens with zero attached hydrogens (tertiary/aromatic N) is 2. The van der Waals surface area contributed by atoms with Crippen molar-refractivity contribution in [1.82, 2.24) is 15.7 Å². The van der Waals surface area contributed by atoms with Gasteiger partial charge >= 0.3 is 14.2 Å². The summed E-state index contributed by atoms with van der Waals surface area (Å²) in [5.74, 6) is -2.78. The summed E-state index contributed by atoms with van der Waals surface area (Å²) in [4.78, 5) is 68.3. The SMILES string of the molecule is CCCCCC(C(=O)NCNC(=O)c1ccc(-c2cc(OCC)cc(O[PH](=O)O)c2)o1)C(CC)N(C=O)OC(=O)c1ccc(N2CCCC2)c(F)c1. The van der Waals surface area contributed by atoms with E-state index in [1.165, 1.54) is 36.4 Å². The molecule has 282 valence electrons. The van der Waals surface area contributed by atoms with Crippen LogP contribution in [-0.4, -0.2) is 66.6 Å². The van der Waals surface area contributed by atoms with E-state index in [0.717, 1.165) is 49.9 Å². The van der Waals surface area contributed by atoms with E-state index >= 15 is 0 Å². The molecular weight excluding hydrogens is 698 g/mol. The van der Waals surface area contributed by atoms with Gasteiger partial charge in [0.1, 0.15) is 23.1 Å². The van der Waals surface area contributed by atoms with Gasteiger partial charge in [0, 0.05) is 24.7 Å². The Kier molecular flexibility index (Phi) is 15.1. The number of ether oxygens (including phenoxy) is 1. The zero-order valence-electron chi connectivity index (χ0n) is 29.5. The average Bonchev–Trinajstić information content (AvgIpc) is 3.84. The molecule has 1 aliphatic heterocycles. The van der Waals surface area contributed by atoms with Gasteiger partial charge in [-0.2, -0.15) is 5.06 Å². The summed E-state index contributed by atoms with van der Waals surface area (Å²) >= 11 is 0. The molecule has 2 heterocycles. The second kappa shape index (κ2) is 19.7. The minimum absolute atomic E-state index is 0.0702. The van der Waals surface area contributed by atoms with Crippen LogP contribution in [0.2, 0.25) is 0 Å². The fourth-order valence-corrected chi connectivity index (χ4v) is 6.41. The second-order valence-corrected chi connectivity index (χ2v) is 12.9. The third-order valence-corrected chi connectivity index (χ3v) is 9.02. The quantitative estimate of drug-likeness (QED) is 0.0416. The summed E-state index contributed by atoms with van der Waals surface area (Å²) in [6.07, 6.45) is 5.24. The van der Waals surface area contributed by atoms with Crippen LogP contribution in [0.1, 0.15) is 86.6 Å². The second-order valence-electron chi connectivity index (χ2n) is 12.2. The van der Waals surface area contributed by atoms with Crippen LogP contribution >= 0.6 is 8.25 Å². The molecule has 1 aliphatic rings. The van der Waals surface area contributed by atoms with Crippen LogP contribution < -0.4 is 24.8 Å². The molecule has 0 radical (unpaired) electrons. The van der Waals surface area contributed by atoms with Crippen molar-refractivity contribution < 1.29 is 51.5 Å². The van der Waals surface area contributed by atoms with Gasteiger partial charge in [-0.05, 0) is 75.1 Å². The lowest BCUT2D eigenvalue weighted by molar-refractivity contribution is -0.171. The van der Waals surface area contributed by atoms with Crippen molar-refractivity contribution in [1.29, 1.82) is 0 Å². The number of hydroxylamine groups is 2. The van der Waals surface area contributed by atoms with Gasteiger partial charge < -0.3 is 38.9 Å². The third-order valence-electron chi connectivity index (χ3n) is 8.61. The Balaban J connectivity index is 1.40. The number of hydrogen-bond donors (Lipinski definition) is 3. The number of amides is 3. The first-order valence-corrected chi connectivity index (χ1v) is 18.7. The number of hydrogen-bond acceptors (Lipinski definition) is 10. The summed E-state index contributed by atoms with van der Waals surface area (Å²) in [5, 5.41) is 6.07. The van der Waals surface area contributed by atoms with Crippen LogP contribution in [0.25, 0.3) is 11.3 Å². The molecular formula is C36H46FN4O10P. The van der Waals surface area contributed by atoms with E-state index in [2.05, 4.69) is 10.6 Å². The highest BCUT2D eigenvalue weighted by Gasteiger charge is 2.34. The summed E-state index contributed by atoms with van der Waals surface area (Å²) in [6, 6.07) is 10.7. The topological polar surface area (TPSA) is 177 Å². The average molecular weight is 745 g/mol. The number of anilines is 1. The molecule has 0 aliphatic carbocycles. The van der Waals surface area contributed by atoms with E-state index in [1.807, 2.05) is 11.8 Å². The smallest absolute Gasteiger partial charge is 0.365 e. The number of nitrogens with one attached hydrogen (secondary N) is 2. The molecule has 16 heteroatoms. The molecule has 3 amide bonds. The highest BCUT2D eigenvalue weighted by Crippen LogP contribution is 2.34. The molecule has 1 aromatic heterocycles. The normalized spacial score (nSPS) is 14.2. The Morgan fingerprint density at radius 3 is 2.44 bits per heavy atom. The van der Waals surface area contributed by atoms with Crippen molar-refractivity contribution in [2.45, 2.75) is 71.8 Å². The predicted octanol–water partition coefficient (Wildman–Crippen LogP) is 5.85. The largest absolute Gasteiger partial charge is 0.494 e. The molecule has 3 atom stereocenters. The van der Waals surface area contributed by atoms with Crippen LogP contribution in [0, 0.1) is 11.7 Å². The standard InChI is InChI=1S/C36H46FN4O10P/c1-4-7-8-11-28(30(5-2)41(23-42)50-36(45)24-12-13-31(29(37)20-24)40-16-9-10-17-40)34(43)38-22-39-35(44)33-15-14-32(49-33)25-18-26(48-6-3)21-27(19-25)51-52(46)47/h12-15,18-21,23,28,30,52H,4-11,16-17,22H2,1-3H3,(H,38,43)(H,39,44)(H,46,47). The van der Waals surface area contributed by atoms with Crippen LogP contribution in [0.15, 0.2) is 52.9 Å². The Morgan fingerprint density at radius 1 is 1.04 bits per heavy atom. The van der Waals surface area contributed by atoms with Crippen molar-refractivity contribution in [2.24, 2.45) is 5.92 Å². The van der Waals surface area contributed by atoms with Crippen LogP contribution in [0.5, 0.6) is 11.5 Å². The summed E-state index contributed by atoms with van der Waals surface area (Å²) in [6.45, 7) is 7.05. The van der Waals surface area contributed by atoms with Gasteiger partial charge in [-0.15, -0.1) is 0 Å². The minimum Gasteiger partial charge on any atom is -0.494 e. The van der Waals surface area contributed by atoms with Crippen LogP contribution in [-0.2, 0) is 19.0 Å². The molecule has 3 aromatic rings. The molecule has 0 bridgehead atoms. The van der Waals surface area contributed by atoms with E-state index in [4.69, 9.17) is 18.5 Å². The molecule has 2 aromatic carbocycles. The number of furan rings is 1. The third kappa shape index (κ3) is 10.8. The fraction of sp³-hybridized carbons (Fsp3) is 0.444. The molecule has 4 rings (SSSR count). The maximum atomic E-state index is 14.9. The monoisotopic (exact) mass is 744 g/mol. The van der Waals surface area contributed by atoms with Crippen molar-refractivity contribution >= 4 is 38.1 Å². The first-order chi connectivity index (χ1) is 25.1. The number of benzene rings is 2. The highest BCUT2D eigenvalue weighted by molar-refractivity contribution is 7.32. The Bertz CT molecular complexity index is 1710. The Labute approximate surface area is 302 Å². The molecule has 0 saturated carbocycles. The van der Waals surface area contributed by atoms with Crippen LogP contribution in [0.4, 0.5) is 10.1 Å². The molecule has 1 saturated heterocycles. The number of halogens is 1. The molecule has 1 fully saturated rings. The van der Waals surface area contributed by atoms with Crippen molar-refractivity contribution in [2.75, 3.05) is 31.3 Å². The maximum absolute atomic E-state index is 14.9. The van der Waals surface area contributed by atoms with Gasteiger partial charge in [-0.3, -0.25) is 14.4 Å². The minimum atomic E-state index is -3.28. The van der Waals surface area contributed by atoms with Gasteiger partial charge in [0.15, 0.2) is 5.76 Å². The van der Waals surface area contributed by atoms with E-state index in [-0.39, 0.29) is 35.9 Å². The molecule has 3 N–H and O–H groups in total. The lowest BCUT2D eigenvalue weighted by atomic mass is 9.90. The van der Waals surface area contributed by atoms with Gasteiger partial charge in [0.05, 0.1) is 36.5 Å². The van der Waals surface area contributed by atoms with Crippen molar-refractivity contribution in [3.05, 3.63) is 65.7 Å². The van der Waals surface area contributed by atoms with Gasteiger partial charge in [-0.25, -0.2) is 13.8 Å². The van der Waals surface area contributed by atoms with Crippen molar-refractivity contribution in [3.8, 4) is 22.8 Å². The van der Waals surface area contributed by atoms with Gasteiger partial charge in [0.2, 0.25) is 12.3 Å². The van der Waals surface area contributed by atoms with E-state index < -0.39 is 43.8 Å². The maximum Gasteiger partial charge on any atom is 0.365 e. The lowest BCUT2D eigenvalue weighted by Gasteiger charge is -2.31. The van der Waals surface area contributed by atoms with Crippen LogP contribution in [0.3, 0.4) is 0 Å². The first kappa shape index (κ1) is 39.9. The van der Waals surface area contributed by atoms with Gasteiger partial charge in [0.25, 0.3) is 5.91 Å².